The Bertz CT molecular complexity index is 260. The first kappa shape index (κ1) is 11.5. The van der Waals surface area contributed by atoms with Crippen LogP contribution in [-0.4, -0.2) is 22.1 Å². The van der Waals surface area contributed by atoms with E-state index in [1.165, 1.54) is 0 Å². The SMILES string of the molecule is NC(=O)N(/C=C/N(N=O)C(N)=O)N=O. The first-order chi connectivity index (χ1) is 6.52. The van der Waals surface area contributed by atoms with Gasteiger partial charge in [-0.2, -0.15) is 10.0 Å². The summed E-state index contributed by atoms with van der Waals surface area (Å²) in [5.74, 6) is 0. The first-order valence-electron chi connectivity index (χ1n) is 3.05. The maximum atomic E-state index is 10.4. The zero-order valence-corrected chi connectivity index (χ0v) is 6.73. The van der Waals surface area contributed by atoms with Gasteiger partial charge in [0.2, 0.25) is 0 Å². The summed E-state index contributed by atoms with van der Waals surface area (Å²) in [6.45, 7) is 0. The van der Waals surface area contributed by atoms with E-state index in [1.807, 2.05) is 0 Å². The van der Waals surface area contributed by atoms with E-state index in [2.05, 4.69) is 22.0 Å². The van der Waals surface area contributed by atoms with Crippen molar-refractivity contribution in [1.29, 1.82) is 0 Å². The van der Waals surface area contributed by atoms with Crippen LogP contribution < -0.4 is 11.5 Å². The molecule has 0 radical (unpaired) electrons. The van der Waals surface area contributed by atoms with Crippen molar-refractivity contribution in [2.24, 2.45) is 22.0 Å². The van der Waals surface area contributed by atoms with Gasteiger partial charge < -0.3 is 11.5 Å². The van der Waals surface area contributed by atoms with Crippen LogP contribution in [0.1, 0.15) is 0 Å². The number of carbonyl (C=O) groups excluding carboxylic acids is 2. The molecule has 0 aromatic heterocycles. The van der Waals surface area contributed by atoms with Crippen LogP contribution in [0.5, 0.6) is 0 Å². The lowest BCUT2D eigenvalue weighted by Gasteiger charge is -2.05. The van der Waals surface area contributed by atoms with Gasteiger partial charge in [0.15, 0.2) is 0 Å². The second-order valence-electron chi connectivity index (χ2n) is 1.83. The molecule has 0 rings (SSSR count). The molecule has 76 valence electrons. The van der Waals surface area contributed by atoms with Crippen LogP contribution in [0.2, 0.25) is 0 Å². The number of nitrogens with zero attached hydrogens (tertiary/aromatic N) is 4. The molecule has 10 heteroatoms. The van der Waals surface area contributed by atoms with Gasteiger partial charge >= 0.3 is 12.1 Å². The van der Waals surface area contributed by atoms with E-state index in [4.69, 9.17) is 0 Å². The molecule has 0 fully saturated rings. The van der Waals surface area contributed by atoms with Gasteiger partial charge in [-0.25, -0.2) is 9.59 Å². The van der Waals surface area contributed by atoms with Gasteiger partial charge in [0.25, 0.3) is 0 Å². The zero-order chi connectivity index (χ0) is 11.1. The normalized spacial score (nSPS) is 9.43. The Morgan fingerprint density at radius 2 is 1.21 bits per heavy atom. The van der Waals surface area contributed by atoms with E-state index >= 15 is 0 Å². The van der Waals surface area contributed by atoms with E-state index in [9.17, 15) is 19.4 Å². The predicted octanol–water partition coefficient (Wildman–Crippen LogP) is -0.418. The molecule has 0 saturated heterocycles. The summed E-state index contributed by atoms with van der Waals surface area (Å²) in [5.41, 5.74) is 9.30. The van der Waals surface area contributed by atoms with Crippen molar-refractivity contribution in [2.75, 3.05) is 0 Å². The Labute approximate surface area is 77.0 Å². The standard InChI is InChI=1S/C4H6N6O4/c5-3(11)9(7-13)1-2-10(8-14)4(6)12/h1-2H,(H2,5,11)(H2,6,12)/b2-1+. The van der Waals surface area contributed by atoms with Crippen molar-refractivity contribution < 1.29 is 9.59 Å². The molecule has 0 spiro atoms. The number of hydrogen-bond donors (Lipinski definition) is 2. The second kappa shape index (κ2) is 5.18. The molecule has 0 aliphatic rings. The number of primary amides is 2. The fourth-order valence-corrected chi connectivity index (χ4v) is 0.408. The molecule has 0 aromatic rings. The number of nitroso groups, excluding NO2 is 2. The maximum absolute atomic E-state index is 10.4. The highest BCUT2D eigenvalue weighted by molar-refractivity contribution is 5.74. The van der Waals surface area contributed by atoms with Crippen molar-refractivity contribution in [3.63, 3.8) is 0 Å². The van der Waals surface area contributed by atoms with Gasteiger partial charge in [-0.3, -0.25) is 0 Å². The molecule has 0 unspecified atom stereocenters. The molecule has 0 saturated carbocycles. The minimum absolute atomic E-state index is 0.140. The molecule has 0 bridgehead atoms. The number of carbonyl (C=O) groups is 2. The summed E-state index contributed by atoms with van der Waals surface area (Å²) < 4.78 is 0. The van der Waals surface area contributed by atoms with Gasteiger partial charge in [-0.05, 0) is 0 Å². The number of urea groups is 2. The van der Waals surface area contributed by atoms with E-state index in [-0.39, 0.29) is 10.0 Å². The van der Waals surface area contributed by atoms with Gasteiger partial charge in [0.05, 0.1) is 23.0 Å². The minimum Gasteiger partial charge on any atom is -0.350 e. The molecule has 0 aliphatic heterocycles. The monoisotopic (exact) mass is 202 g/mol. The lowest BCUT2D eigenvalue weighted by Crippen LogP contribution is -2.29. The molecule has 4 N–H and O–H groups in total. The summed E-state index contributed by atoms with van der Waals surface area (Å²) in [6, 6.07) is -2.38. The Kier molecular flexibility index (Phi) is 4.25. The van der Waals surface area contributed by atoms with Gasteiger partial charge in [0.1, 0.15) is 0 Å². The highest BCUT2D eigenvalue weighted by atomic mass is 16.3. The molecular weight excluding hydrogens is 196 g/mol. The molecule has 0 atom stereocenters. The van der Waals surface area contributed by atoms with E-state index in [1.54, 1.807) is 0 Å². The van der Waals surface area contributed by atoms with E-state index < -0.39 is 12.1 Å². The van der Waals surface area contributed by atoms with E-state index in [0.717, 1.165) is 0 Å². The van der Waals surface area contributed by atoms with Crippen LogP contribution in [-0.2, 0) is 0 Å². The Balaban J connectivity index is 4.53. The molecule has 4 amide bonds. The largest absolute Gasteiger partial charge is 0.350 e. The third-order valence-corrected chi connectivity index (χ3v) is 0.977. The minimum atomic E-state index is -1.19. The Morgan fingerprint density at radius 3 is 1.36 bits per heavy atom. The van der Waals surface area contributed by atoms with Crippen molar-refractivity contribution in [3.05, 3.63) is 22.2 Å². The van der Waals surface area contributed by atoms with Crippen LogP contribution >= 0.6 is 0 Å². The van der Waals surface area contributed by atoms with Crippen molar-refractivity contribution in [1.82, 2.24) is 10.0 Å². The van der Waals surface area contributed by atoms with Crippen molar-refractivity contribution >= 4 is 12.1 Å². The fraction of sp³-hybridized carbons (Fsp3) is 0. The van der Waals surface area contributed by atoms with Gasteiger partial charge in [-0.1, -0.05) is 0 Å². The number of amides is 4. The summed E-state index contributed by atoms with van der Waals surface area (Å²) >= 11 is 0. The molecular formula is C4H6N6O4. The van der Waals surface area contributed by atoms with Gasteiger partial charge in [-0.15, -0.1) is 9.81 Å². The average Bonchev–Trinajstić information content (AvgIpc) is 2.11. The third kappa shape index (κ3) is 3.25. The first-order valence-corrected chi connectivity index (χ1v) is 3.05. The number of hydrogen-bond acceptors (Lipinski definition) is 6. The van der Waals surface area contributed by atoms with E-state index in [0.29, 0.717) is 12.4 Å². The number of nitrogens with two attached hydrogens (primary N) is 2. The average molecular weight is 202 g/mol. The Hall–Kier alpha value is -2.52. The summed E-state index contributed by atoms with van der Waals surface area (Å²) in [4.78, 5) is 40.5. The smallest absolute Gasteiger partial charge is 0.342 e. The molecule has 10 nitrogen and oxygen atoms in total. The van der Waals surface area contributed by atoms with Crippen LogP contribution in [0.4, 0.5) is 9.59 Å². The number of rotatable bonds is 4. The summed E-state index contributed by atoms with van der Waals surface area (Å²) in [5, 5.41) is 4.59. The predicted molar refractivity (Wildman–Crippen MR) is 43.6 cm³/mol. The zero-order valence-electron chi connectivity index (χ0n) is 6.73. The highest BCUT2D eigenvalue weighted by Gasteiger charge is 2.08. The molecule has 0 heterocycles. The second-order valence-corrected chi connectivity index (χ2v) is 1.83. The van der Waals surface area contributed by atoms with Crippen LogP contribution in [0, 0.1) is 9.81 Å². The quantitative estimate of drug-likeness (QED) is 0.469. The lowest BCUT2D eigenvalue weighted by atomic mass is 10.7. The summed E-state index contributed by atoms with van der Waals surface area (Å²) in [7, 11) is 0. The Morgan fingerprint density at radius 1 is 0.929 bits per heavy atom. The molecule has 0 aliphatic carbocycles. The molecule has 0 aromatic carbocycles. The highest BCUT2D eigenvalue weighted by Crippen LogP contribution is 1.94. The third-order valence-electron chi connectivity index (χ3n) is 0.977. The van der Waals surface area contributed by atoms with Crippen LogP contribution in [0.25, 0.3) is 0 Å². The maximum Gasteiger partial charge on any atom is 0.342 e. The van der Waals surface area contributed by atoms with Crippen LogP contribution in [0.3, 0.4) is 0 Å². The van der Waals surface area contributed by atoms with Gasteiger partial charge in [0, 0.05) is 0 Å². The van der Waals surface area contributed by atoms with Crippen molar-refractivity contribution in [2.45, 2.75) is 0 Å². The molecule has 14 heavy (non-hydrogen) atoms. The summed E-state index contributed by atoms with van der Waals surface area (Å²) in [6.07, 6.45) is 1.31. The lowest BCUT2D eigenvalue weighted by molar-refractivity contribution is 0.220. The van der Waals surface area contributed by atoms with Crippen LogP contribution in [0.15, 0.2) is 23.0 Å². The topological polar surface area (TPSA) is 152 Å². The van der Waals surface area contributed by atoms with Crippen molar-refractivity contribution in [3.8, 4) is 0 Å². The fourth-order valence-electron chi connectivity index (χ4n) is 0.408.